The smallest absolute Gasteiger partial charge is 0.125 e. The van der Waals surface area contributed by atoms with Gasteiger partial charge in [0.1, 0.15) is 5.54 Å². The second kappa shape index (κ2) is 5.32. The largest absolute Gasteiger partial charge is 0.367 e. The van der Waals surface area contributed by atoms with Gasteiger partial charge >= 0.3 is 0 Å². The molecule has 0 spiro atoms. The molecule has 1 N–H and O–H groups in total. The van der Waals surface area contributed by atoms with Gasteiger partial charge < -0.3 is 5.32 Å². The van der Waals surface area contributed by atoms with E-state index in [-0.39, 0.29) is 0 Å². The van der Waals surface area contributed by atoms with Gasteiger partial charge in [0.2, 0.25) is 0 Å². The van der Waals surface area contributed by atoms with Crippen molar-refractivity contribution < 1.29 is 0 Å². The number of nitrogens with zero attached hydrogens (tertiary/aromatic N) is 1. The van der Waals surface area contributed by atoms with Crippen molar-refractivity contribution in [1.82, 2.24) is 0 Å². The lowest BCUT2D eigenvalue weighted by atomic mass is 9.72. The van der Waals surface area contributed by atoms with Crippen molar-refractivity contribution in [3.05, 3.63) is 28.7 Å². The highest BCUT2D eigenvalue weighted by atomic mass is 79.9. The summed E-state index contributed by atoms with van der Waals surface area (Å²) >= 11 is 3.43. The Morgan fingerprint density at radius 2 is 1.78 bits per heavy atom. The van der Waals surface area contributed by atoms with Crippen LogP contribution in [0, 0.1) is 23.2 Å². The summed E-state index contributed by atoms with van der Waals surface area (Å²) in [6.45, 7) is 4.48. The quantitative estimate of drug-likeness (QED) is 0.868. The Morgan fingerprint density at radius 1 is 1.22 bits per heavy atom. The minimum atomic E-state index is -0.398. The highest BCUT2D eigenvalue weighted by molar-refractivity contribution is 9.10. The molecule has 2 nitrogen and oxygen atoms in total. The molecule has 0 amide bonds. The van der Waals surface area contributed by atoms with Crippen LogP contribution in [0.25, 0.3) is 0 Å². The van der Waals surface area contributed by atoms with E-state index >= 15 is 0 Å². The van der Waals surface area contributed by atoms with E-state index in [0.717, 1.165) is 23.0 Å². The molecule has 0 heterocycles. The van der Waals surface area contributed by atoms with Gasteiger partial charge in [-0.3, -0.25) is 0 Å². The highest BCUT2D eigenvalue weighted by Gasteiger charge is 2.38. The minimum absolute atomic E-state index is 0.398. The van der Waals surface area contributed by atoms with E-state index in [1.807, 2.05) is 24.3 Å². The van der Waals surface area contributed by atoms with Crippen LogP contribution in [0.5, 0.6) is 0 Å². The minimum Gasteiger partial charge on any atom is -0.367 e. The second-order valence-corrected chi connectivity index (χ2v) is 6.60. The summed E-state index contributed by atoms with van der Waals surface area (Å²) in [4.78, 5) is 0. The van der Waals surface area contributed by atoms with Crippen LogP contribution in [0.2, 0.25) is 0 Å². The topological polar surface area (TPSA) is 35.8 Å². The summed E-state index contributed by atoms with van der Waals surface area (Å²) in [5.41, 5.74) is 0.631. The van der Waals surface area contributed by atoms with Crippen molar-refractivity contribution in [2.24, 2.45) is 11.8 Å². The molecule has 1 aromatic carbocycles. The third-order valence-corrected chi connectivity index (χ3v) is 4.17. The van der Waals surface area contributed by atoms with Crippen LogP contribution >= 0.6 is 15.9 Å². The van der Waals surface area contributed by atoms with E-state index < -0.39 is 5.54 Å². The lowest BCUT2D eigenvalue weighted by Gasteiger charge is -2.39. The van der Waals surface area contributed by atoms with Crippen LogP contribution in [0.15, 0.2) is 28.7 Å². The number of nitrogens with one attached hydrogen (secondary N) is 1. The fraction of sp³-hybridized carbons (Fsp3) is 0.533. The molecular formula is C15H19BrN2. The summed E-state index contributed by atoms with van der Waals surface area (Å²) in [6, 6.07) is 10.6. The van der Waals surface area contributed by atoms with Gasteiger partial charge in [-0.2, -0.15) is 5.26 Å². The van der Waals surface area contributed by atoms with Crippen LogP contribution in [-0.4, -0.2) is 5.54 Å². The number of halogens is 1. The third kappa shape index (κ3) is 3.05. The van der Waals surface area contributed by atoms with Crippen molar-refractivity contribution in [1.29, 1.82) is 5.26 Å². The number of anilines is 1. The van der Waals surface area contributed by atoms with Crippen LogP contribution in [0.4, 0.5) is 5.69 Å². The number of hydrogen-bond acceptors (Lipinski definition) is 2. The molecule has 0 saturated heterocycles. The number of hydrogen-bond donors (Lipinski definition) is 1. The lowest BCUT2D eigenvalue weighted by molar-refractivity contribution is 0.240. The Hall–Kier alpha value is -1.01. The first-order chi connectivity index (χ1) is 8.53. The first-order valence-corrected chi connectivity index (χ1v) is 7.27. The summed E-state index contributed by atoms with van der Waals surface area (Å²) in [5, 5.41) is 13.0. The van der Waals surface area contributed by atoms with Gasteiger partial charge in [-0.1, -0.05) is 29.8 Å². The Morgan fingerprint density at radius 3 is 2.28 bits per heavy atom. The van der Waals surface area contributed by atoms with Crippen molar-refractivity contribution in [3.63, 3.8) is 0 Å². The molecule has 0 aliphatic heterocycles. The lowest BCUT2D eigenvalue weighted by Crippen LogP contribution is -2.43. The number of benzene rings is 1. The van der Waals surface area contributed by atoms with Crippen molar-refractivity contribution >= 4 is 21.6 Å². The molecule has 96 valence electrons. The van der Waals surface area contributed by atoms with Gasteiger partial charge in [0.05, 0.1) is 6.07 Å². The average Bonchev–Trinajstić information content (AvgIpc) is 2.31. The first-order valence-electron chi connectivity index (χ1n) is 6.48. The maximum atomic E-state index is 9.57. The van der Waals surface area contributed by atoms with E-state index in [2.05, 4.69) is 41.2 Å². The predicted octanol–water partition coefficient (Wildman–Crippen LogP) is 4.58. The molecule has 2 unspecified atom stereocenters. The first kappa shape index (κ1) is 13.4. The predicted molar refractivity (Wildman–Crippen MR) is 78.3 cm³/mol. The van der Waals surface area contributed by atoms with Crippen molar-refractivity contribution in [3.8, 4) is 6.07 Å². The monoisotopic (exact) mass is 306 g/mol. The van der Waals surface area contributed by atoms with Gasteiger partial charge in [0, 0.05) is 10.2 Å². The van der Waals surface area contributed by atoms with E-state index in [1.54, 1.807) is 0 Å². The van der Waals surface area contributed by atoms with E-state index in [9.17, 15) is 5.26 Å². The summed E-state index contributed by atoms with van der Waals surface area (Å²) in [7, 11) is 0. The number of rotatable bonds is 2. The maximum Gasteiger partial charge on any atom is 0.125 e. The van der Waals surface area contributed by atoms with Crippen molar-refractivity contribution in [2.75, 3.05) is 5.32 Å². The van der Waals surface area contributed by atoms with Crippen LogP contribution < -0.4 is 5.32 Å². The van der Waals surface area contributed by atoms with Crippen molar-refractivity contribution in [2.45, 2.75) is 38.6 Å². The normalized spacial score (nSPS) is 31.7. The molecule has 0 aromatic heterocycles. The molecule has 2 rings (SSSR count). The van der Waals surface area contributed by atoms with Crippen LogP contribution in [0.3, 0.4) is 0 Å². The van der Waals surface area contributed by atoms with Crippen LogP contribution in [0.1, 0.15) is 33.1 Å². The summed E-state index contributed by atoms with van der Waals surface area (Å²) < 4.78 is 1.06. The van der Waals surface area contributed by atoms with E-state index in [0.29, 0.717) is 11.8 Å². The maximum absolute atomic E-state index is 9.57. The Balaban J connectivity index is 2.18. The van der Waals surface area contributed by atoms with Gasteiger partial charge in [-0.25, -0.2) is 0 Å². The standard InChI is InChI=1S/C15H19BrN2/c1-11-7-12(2)9-15(8-11,10-17)18-14-5-3-13(16)4-6-14/h3-6,11-12,18H,7-9H2,1-2H3. The molecule has 0 bridgehead atoms. The molecule has 1 aliphatic carbocycles. The van der Waals surface area contributed by atoms with Gasteiger partial charge in [-0.15, -0.1) is 0 Å². The SMILES string of the molecule is CC1CC(C)CC(C#N)(Nc2ccc(Br)cc2)C1. The molecule has 1 fully saturated rings. The zero-order valence-corrected chi connectivity index (χ0v) is 12.5. The zero-order chi connectivity index (χ0) is 13.2. The van der Waals surface area contributed by atoms with Crippen LogP contribution in [-0.2, 0) is 0 Å². The molecule has 1 aromatic rings. The Labute approximate surface area is 118 Å². The van der Waals surface area contributed by atoms with Gasteiger partial charge in [0.15, 0.2) is 0 Å². The third-order valence-electron chi connectivity index (χ3n) is 3.64. The molecule has 2 atom stereocenters. The Kier molecular flexibility index (Phi) is 3.97. The van der Waals surface area contributed by atoms with Gasteiger partial charge in [0.25, 0.3) is 0 Å². The number of nitriles is 1. The Bertz CT molecular complexity index is 437. The highest BCUT2D eigenvalue weighted by Crippen LogP contribution is 2.37. The fourth-order valence-electron chi connectivity index (χ4n) is 3.16. The second-order valence-electron chi connectivity index (χ2n) is 5.68. The molecule has 1 saturated carbocycles. The average molecular weight is 307 g/mol. The molecule has 18 heavy (non-hydrogen) atoms. The summed E-state index contributed by atoms with van der Waals surface area (Å²) in [5.74, 6) is 1.22. The zero-order valence-electron chi connectivity index (χ0n) is 10.9. The fourth-order valence-corrected chi connectivity index (χ4v) is 3.42. The molecule has 0 radical (unpaired) electrons. The van der Waals surface area contributed by atoms with Gasteiger partial charge in [-0.05, 0) is 55.4 Å². The molecule has 1 aliphatic rings. The molecule has 3 heteroatoms. The summed E-state index contributed by atoms with van der Waals surface area (Å²) in [6.07, 6.45) is 3.10. The van der Waals surface area contributed by atoms with E-state index in [1.165, 1.54) is 6.42 Å². The molecular weight excluding hydrogens is 288 g/mol. The van der Waals surface area contributed by atoms with E-state index in [4.69, 9.17) is 0 Å².